The van der Waals surface area contributed by atoms with Crippen molar-refractivity contribution < 1.29 is 8.78 Å². The summed E-state index contributed by atoms with van der Waals surface area (Å²) in [4.78, 5) is 0. The molecule has 1 atom stereocenters. The van der Waals surface area contributed by atoms with Crippen LogP contribution in [0.15, 0.2) is 12.1 Å². The maximum Gasteiger partial charge on any atom is 0.152 e. The van der Waals surface area contributed by atoms with Crippen molar-refractivity contribution in [1.29, 1.82) is 0 Å². The fraction of sp³-hybridized carbons (Fsp3) is 0.143. The molecule has 0 spiro atoms. The van der Waals surface area contributed by atoms with Gasteiger partial charge in [-0.1, -0.05) is 20.2 Å². The van der Waals surface area contributed by atoms with Gasteiger partial charge in [-0.25, -0.2) is 8.78 Å². The van der Waals surface area contributed by atoms with Crippen molar-refractivity contribution in [3.8, 4) is 0 Å². The van der Waals surface area contributed by atoms with Gasteiger partial charge < -0.3 is 0 Å². The molecule has 0 radical (unpaired) electrons. The van der Waals surface area contributed by atoms with Crippen LogP contribution in [0.4, 0.5) is 8.78 Å². The lowest BCUT2D eigenvalue weighted by atomic mass is 10.3. The van der Waals surface area contributed by atoms with Gasteiger partial charge in [0.25, 0.3) is 0 Å². The zero-order valence-electron chi connectivity index (χ0n) is 5.79. The van der Waals surface area contributed by atoms with Crippen molar-refractivity contribution >= 4 is 25.5 Å². The van der Waals surface area contributed by atoms with E-state index in [0.717, 1.165) is 0 Å². The summed E-state index contributed by atoms with van der Waals surface area (Å²) >= 11 is 5.32. The summed E-state index contributed by atoms with van der Waals surface area (Å²) in [6.45, 7) is 1.81. The minimum absolute atomic E-state index is 0.296. The third-order valence-electron chi connectivity index (χ3n) is 1.30. The maximum atomic E-state index is 12.9. The highest BCUT2D eigenvalue weighted by molar-refractivity contribution is 7.46. The van der Waals surface area contributed by atoms with Gasteiger partial charge in [-0.05, 0) is 18.8 Å². The van der Waals surface area contributed by atoms with Crippen molar-refractivity contribution in [2.75, 3.05) is 6.66 Å². The molecule has 1 aromatic carbocycles. The Labute approximate surface area is 70.3 Å². The number of halogens is 3. The molecule has 1 aromatic rings. The van der Waals surface area contributed by atoms with Crippen LogP contribution in [0.25, 0.3) is 0 Å². The Bertz CT molecular complexity index is 275. The summed E-state index contributed by atoms with van der Waals surface area (Å²) in [5.74, 6) is -1.33. The first kappa shape index (κ1) is 8.89. The standard InChI is InChI=1S/C7H6ClF2P/c1-11-5-3-2-4(9)6(8)7(5)10/h2-3,11H,1H3. The van der Waals surface area contributed by atoms with E-state index < -0.39 is 16.7 Å². The molecule has 0 N–H and O–H groups in total. The molecule has 0 fully saturated rings. The third kappa shape index (κ3) is 1.69. The largest absolute Gasteiger partial charge is 0.205 e. The van der Waals surface area contributed by atoms with Crippen molar-refractivity contribution in [2.45, 2.75) is 0 Å². The molecule has 11 heavy (non-hydrogen) atoms. The van der Waals surface area contributed by atoms with Gasteiger partial charge in [-0.3, -0.25) is 0 Å². The third-order valence-corrected chi connectivity index (χ3v) is 2.58. The summed E-state index contributed by atoms with van der Waals surface area (Å²) in [5.41, 5.74) is 0. The molecular weight excluding hydrogens is 188 g/mol. The predicted octanol–water partition coefficient (Wildman–Crippen LogP) is 2.55. The van der Waals surface area contributed by atoms with Crippen LogP contribution >= 0.6 is 20.2 Å². The van der Waals surface area contributed by atoms with E-state index in [2.05, 4.69) is 0 Å². The molecule has 0 amide bonds. The molecule has 60 valence electrons. The lowest BCUT2D eigenvalue weighted by Gasteiger charge is -2.00. The first-order valence-corrected chi connectivity index (χ1v) is 4.86. The summed E-state index contributed by atoms with van der Waals surface area (Å²) in [7, 11) is 0.296. The minimum atomic E-state index is -0.703. The smallest absolute Gasteiger partial charge is 0.152 e. The second kappa shape index (κ2) is 3.46. The quantitative estimate of drug-likeness (QED) is 0.476. The Morgan fingerprint density at radius 1 is 1.36 bits per heavy atom. The van der Waals surface area contributed by atoms with Gasteiger partial charge >= 0.3 is 0 Å². The average molecular weight is 195 g/mol. The molecule has 0 aliphatic carbocycles. The Morgan fingerprint density at radius 3 is 2.55 bits per heavy atom. The van der Waals surface area contributed by atoms with Crippen LogP contribution < -0.4 is 5.30 Å². The van der Waals surface area contributed by atoms with Crippen LogP contribution in [0.2, 0.25) is 5.02 Å². The summed E-state index contributed by atoms with van der Waals surface area (Å²) < 4.78 is 25.4. The molecule has 4 heteroatoms. The summed E-state index contributed by atoms with van der Waals surface area (Å²) in [6, 6.07) is 2.59. The summed E-state index contributed by atoms with van der Waals surface area (Å²) in [6.07, 6.45) is 0. The number of hydrogen-bond acceptors (Lipinski definition) is 0. The fourth-order valence-corrected chi connectivity index (χ4v) is 1.56. The second-order valence-corrected chi connectivity index (χ2v) is 3.39. The van der Waals surface area contributed by atoms with Crippen molar-refractivity contribution in [1.82, 2.24) is 0 Å². The highest BCUT2D eigenvalue weighted by atomic mass is 35.5. The molecule has 0 saturated heterocycles. The van der Waals surface area contributed by atoms with Crippen molar-refractivity contribution in [2.24, 2.45) is 0 Å². The molecule has 0 aliphatic heterocycles. The zero-order chi connectivity index (χ0) is 8.43. The van der Waals surface area contributed by atoms with E-state index in [1.807, 2.05) is 6.66 Å². The van der Waals surface area contributed by atoms with Crippen molar-refractivity contribution in [3.05, 3.63) is 28.8 Å². The van der Waals surface area contributed by atoms with E-state index in [9.17, 15) is 8.78 Å². The first-order valence-electron chi connectivity index (χ1n) is 2.98. The molecule has 0 aromatic heterocycles. The Morgan fingerprint density at radius 2 is 2.00 bits per heavy atom. The molecule has 0 nitrogen and oxygen atoms in total. The average Bonchev–Trinajstić information content (AvgIpc) is 2.01. The molecule has 1 unspecified atom stereocenters. The topological polar surface area (TPSA) is 0 Å². The lowest BCUT2D eigenvalue weighted by molar-refractivity contribution is 0.589. The minimum Gasteiger partial charge on any atom is -0.205 e. The Kier molecular flexibility index (Phi) is 2.80. The van der Waals surface area contributed by atoms with E-state index in [1.54, 1.807) is 0 Å². The maximum absolute atomic E-state index is 12.9. The van der Waals surface area contributed by atoms with Gasteiger partial charge in [-0.15, -0.1) is 0 Å². The van der Waals surface area contributed by atoms with Gasteiger partial charge in [0.2, 0.25) is 0 Å². The van der Waals surface area contributed by atoms with Crippen LogP contribution in [0.3, 0.4) is 0 Å². The van der Waals surface area contributed by atoms with E-state index in [0.29, 0.717) is 13.9 Å². The van der Waals surface area contributed by atoms with E-state index >= 15 is 0 Å². The highest BCUT2D eigenvalue weighted by Crippen LogP contribution is 2.20. The molecule has 0 heterocycles. The number of hydrogen-bond donors (Lipinski definition) is 0. The SMILES string of the molecule is CPc1ccc(F)c(Cl)c1F. The first-order chi connectivity index (χ1) is 5.16. The zero-order valence-corrected chi connectivity index (χ0v) is 7.54. The molecule has 0 bridgehead atoms. The van der Waals surface area contributed by atoms with Gasteiger partial charge in [0, 0.05) is 5.30 Å². The van der Waals surface area contributed by atoms with Crippen LogP contribution in [-0.4, -0.2) is 6.66 Å². The van der Waals surface area contributed by atoms with Gasteiger partial charge in [0.15, 0.2) is 5.82 Å². The molecule has 0 aliphatic rings. The predicted molar refractivity (Wildman–Crippen MR) is 45.2 cm³/mol. The monoisotopic (exact) mass is 194 g/mol. The summed E-state index contributed by atoms with van der Waals surface area (Å²) in [5, 5.41) is 0.0632. The van der Waals surface area contributed by atoms with Gasteiger partial charge in [0.05, 0.1) is 0 Å². The van der Waals surface area contributed by atoms with Gasteiger partial charge in [-0.2, -0.15) is 0 Å². The van der Waals surface area contributed by atoms with Crippen LogP contribution in [0, 0.1) is 11.6 Å². The normalized spacial score (nSPS) is 11.3. The molecule has 1 rings (SSSR count). The van der Waals surface area contributed by atoms with E-state index in [4.69, 9.17) is 11.6 Å². The number of benzene rings is 1. The molecular formula is C7H6ClF2P. The fourth-order valence-electron chi connectivity index (χ4n) is 0.719. The van der Waals surface area contributed by atoms with E-state index in [1.165, 1.54) is 12.1 Å². The van der Waals surface area contributed by atoms with Crippen molar-refractivity contribution in [3.63, 3.8) is 0 Å². The van der Waals surface area contributed by atoms with Crippen LogP contribution in [0.5, 0.6) is 0 Å². The number of rotatable bonds is 1. The van der Waals surface area contributed by atoms with Crippen LogP contribution in [0.1, 0.15) is 0 Å². The Balaban J connectivity index is 3.25. The lowest BCUT2D eigenvalue weighted by Crippen LogP contribution is -2.02. The highest BCUT2D eigenvalue weighted by Gasteiger charge is 2.09. The van der Waals surface area contributed by atoms with Crippen LogP contribution in [-0.2, 0) is 0 Å². The van der Waals surface area contributed by atoms with Gasteiger partial charge in [0.1, 0.15) is 10.8 Å². The van der Waals surface area contributed by atoms with E-state index in [-0.39, 0.29) is 0 Å². The Hall–Kier alpha value is -0.200. The molecule has 0 saturated carbocycles. The second-order valence-electron chi connectivity index (χ2n) is 1.97.